The van der Waals surface area contributed by atoms with Crippen molar-refractivity contribution in [3.05, 3.63) is 116 Å². The van der Waals surface area contributed by atoms with E-state index in [4.69, 9.17) is 4.74 Å². The normalized spacial score (nSPS) is 16.3. The highest BCUT2D eigenvalue weighted by Gasteiger charge is 2.39. The topological polar surface area (TPSA) is 124 Å². The predicted molar refractivity (Wildman–Crippen MR) is 189 cm³/mol. The third kappa shape index (κ3) is 6.59. The van der Waals surface area contributed by atoms with E-state index in [0.29, 0.717) is 44.7 Å². The number of nitrogens with zero attached hydrogens (tertiary/aromatic N) is 6. The van der Waals surface area contributed by atoms with Crippen molar-refractivity contribution in [2.24, 2.45) is 0 Å². The van der Waals surface area contributed by atoms with Gasteiger partial charge in [0.2, 0.25) is 11.8 Å². The maximum absolute atomic E-state index is 13.0. The molecule has 0 bridgehead atoms. The zero-order valence-corrected chi connectivity index (χ0v) is 28.8. The minimum Gasteiger partial charge on any atom is -0.369 e. The lowest BCUT2D eigenvalue weighted by atomic mass is 10.0. The van der Waals surface area contributed by atoms with Gasteiger partial charge in [0.15, 0.2) is 5.82 Å². The zero-order valence-electron chi connectivity index (χ0n) is 27.9. The lowest BCUT2D eigenvalue weighted by Crippen LogP contribution is -2.52. The Balaban J connectivity index is 0.917. The van der Waals surface area contributed by atoms with Crippen LogP contribution in [0, 0.1) is 30.6 Å². The average molecular weight is 696 g/mol. The van der Waals surface area contributed by atoms with Crippen LogP contribution in [0.4, 0.5) is 0 Å². The third-order valence-electron chi connectivity index (χ3n) is 9.29. The molecule has 1 fully saturated rings. The molecule has 5 aromatic rings. The molecule has 0 saturated carbocycles. The van der Waals surface area contributed by atoms with Gasteiger partial charge in [-0.25, -0.2) is 0 Å². The molecule has 0 radical (unpaired) electrons. The molecular weight excluding hydrogens is 663 g/mol. The molecule has 3 amide bonds. The summed E-state index contributed by atoms with van der Waals surface area (Å²) in [6.45, 7) is 3.91. The number of rotatable bonds is 6. The lowest BCUT2D eigenvalue weighted by Gasteiger charge is -2.29. The summed E-state index contributed by atoms with van der Waals surface area (Å²) in [5, 5.41) is 16.6. The maximum Gasteiger partial charge on any atom is 0.255 e. The molecule has 3 aliphatic heterocycles. The molecule has 2 aromatic carbocycles. The molecule has 3 aromatic heterocycles. The van der Waals surface area contributed by atoms with E-state index in [2.05, 4.69) is 73.1 Å². The van der Waals surface area contributed by atoms with Gasteiger partial charge < -0.3 is 9.64 Å². The highest BCUT2D eigenvalue weighted by molar-refractivity contribution is 7.15. The summed E-state index contributed by atoms with van der Waals surface area (Å²) in [4.78, 5) is 39.4. The van der Waals surface area contributed by atoms with Crippen LogP contribution in [0.1, 0.15) is 85.9 Å². The second kappa shape index (κ2) is 13.8. The highest BCUT2D eigenvalue weighted by Crippen LogP contribution is 2.37. The van der Waals surface area contributed by atoms with E-state index in [-0.39, 0.29) is 18.2 Å². The molecular formula is C39H33N7O4S. The number of ether oxygens (including phenoxy) is 1. The van der Waals surface area contributed by atoms with Crippen LogP contribution >= 0.6 is 11.3 Å². The highest BCUT2D eigenvalue weighted by atomic mass is 32.1. The number of benzene rings is 2. The number of carbonyl (C=O) groups is 3. The Morgan fingerprint density at radius 2 is 1.90 bits per heavy atom. The van der Waals surface area contributed by atoms with Crippen LogP contribution in [0.5, 0.6) is 0 Å². The van der Waals surface area contributed by atoms with Gasteiger partial charge in [0, 0.05) is 48.8 Å². The molecule has 6 heterocycles. The van der Waals surface area contributed by atoms with E-state index in [0.717, 1.165) is 56.6 Å². The van der Waals surface area contributed by atoms with E-state index in [1.54, 1.807) is 28.5 Å². The van der Waals surface area contributed by atoms with Gasteiger partial charge in [0.1, 0.15) is 23.5 Å². The van der Waals surface area contributed by atoms with Gasteiger partial charge in [-0.1, -0.05) is 54.0 Å². The number of piperidine rings is 1. The van der Waals surface area contributed by atoms with Crippen LogP contribution < -0.4 is 5.32 Å². The summed E-state index contributed by atoms with van der Waals surface area (Å²) >= 11 is 1.65. The fourth-order valence-electron chi connectivity index (χ4n) is 6.74. The quantitative estimate of drug-likeness (QED) is 0.158. The number of thiophene rings is 1. The van der Waals surface area contributed by atoms with Crippen molar-refractivity contribution >= 4 is 29.1 Å². The number of hydrogen-bond donors (Lipinski definition) is 1. The summed E-state index contributed by atoms with van der Waals surface area (Å²) in [6.07, 6.45) is 6.57. The van der Waals surface area contributed by atoms with Crippen LogP contribution in [-0.4, -0.2) is 53.2 Å². The van der Waals surface area contributed by atoms with Crippen LogP contribution in [0.15, 0.2) is 60.9 Å². The van der Waals surface area contributed by atoms with Crippen molar-refractivity contribution in [2.75, 3.05) is 0 Å². The largest absolute Gasteiger partial charge is 0.369 e. The van der Waals surface area contributed by atoms with Crippen molar-refractivity contribution in [1.29, 1.82) is 0 Å². The molecule has 0 aliphatic carbocycles. The number of hydrogen-bond acceptors (Lipinski definition) is 8. The minimum absolute atomic E-state index is 0.185. The Labute approximate surface area is 298 Å². The molecule has 0 spiro atoms. The van der Waals surface area contributed by atoms with Crippen molar-refractivity contribution in [2.45, 2.75) is 71.4 Å². The van der Waals surface area contributed by atoms with E-state index in [1.165, 1.54) is 11.1 Å². The van der Waals surface area contributed by atoms with Gasteiger partial charge in [-0.05, 0) is 61.1 Å². The monoisotopic (exact) mass is 695 g/mol. The first-order chi connectivity index (χ1) is 24.9. The Hall–Kier alpha value is -5.82. The molecule has 51 heavy (non-hydrogen) atoms. The van der Waals surface area contributed by atoms with Crippen LogP contribution in [0.2, 0.25) is 0 Å². The van der Waals surface area contributed by atoms with Crippen molar-refractivity contribution in [1.82, 2.24) is 34.8 Å². The van der Waals surface area contributed by atoms with Gasteiger partial charge in [-0.2, -0.15) is 5.10 Å². The summed E-state index contributed by atoms with van der Waals surface area (Å²) in [6, 6.07) is 15.3. The lowest BCUT2D eigenvalue weighted by molar-refractivity contribution is -0.136. The van der Waals surface area contributed by atoms with Crippen molar-refractivity contribution in [3.8, 4) is 28.7 Å². The number of imide groups is 1. The molecule has 1 atom stereocenters. The van der Waals surface area contributed by atoms with E-state index < -0.39 is 11.9 Å². The maximum atomic E-state index is 13.0. The fourth-order valence-corrected chi connectivity index (χ4v) is 7.99. The van der Waals surface area contributed by atoms with Crippen LogP contribution in [-0.2, 0) is 47.1 Å². The standard InChI is InChI=1S/C39H33N7O4S/c1-25-42-43-35-24-50-23-32-31(19-26-8-4-2-5-9-26)34(51-39(32)46(25)35)15-12-28-20-40-44(21-28)17-7-3-6-10-27-11-13-30-29(18-27)22-45(38(30)49)33-14-16-36(47)41-37(33)48/h2,4-5,8-9,11,13,18,20-21,33H,3,7,14,16-17,19,22-24H2,1H3,(H,41,47,48). The van der Waals surface area contributed by atoms with Crippen LogP contribution in [0.3, 0.4) is 0 Å². The summed E-state index contributed by atoms with van der Waals surface area (Å²) in [5.74, 6) is 14.0. The average Bonchev–Trinajstić information content (AvgIpc) is 3.87. The van der Waals surface area contributed by atoms with E-state index in [9.17, 15) is 14.4 Å². The number of fused-ring (bicyclic) bond motifs is 4. The number of amides is 3. The summed E-state index contributed by atoms with van der Waals surface area (Å²) in [5.41, 5.74) is 6.60. The van der Waals surface area contributed by atoms with Gasteiger partial charge in [0.25, 0.3) is 5.91 Å². The minimum atomic E-state index is -0.628. The van der Waals surface area contributed by atoms with Crippen LogP contribution in [0.25, 0.3) is 5.00 Å². The fraction of sp³-hybridized carbons (Fsp3) is 0.282. The number of aryl methyl sites for hydroxylation is 2. The molecule has 254 valence electrons. The number of carbonyl (C=O) groups excluding carboxylic acids is 3. The van der Waals surface area contributed by atoms with Crippen molar-refractivity contribution < 1.29 is 19.1 Å². The SMILES string of the molecule is Cc1nnc2n1-c1sc(C#Cc3cnn(CCCC#Cc4ccc5c(c4)CN(C4CCC(=O)NC4=O)C5=O)c3)c(Cc3ccccc3)c1COC2. The Kier molecular flexibility index (Phi) is 8.78. The third-order valence-corrected chi connectivity index (χ3v) is 10.5. The molecule has 8 rings (SSSR count). The molecule has 1 N–H and O–H groups in total. The van der Waals surface area contributed by atoms with Crippen molar-refractivity contribution in [3.63, 3.8) is 0 Å². The Morgan fingerprint density at radius 1 is 1.02 bits per heavy atom. The zero-order chi connectivity index (χ0) is 34.9. The van der Waals surface area contributed by atoms with Gasteiger partial charge in [-0.3, -0.25) is 28.9 Å². The second-order valence-corrected chi connectivity index (χ2v) is 13.8. The Bertz CT molecular complexity index is 2310. The van der Waals surface area contributed by atoms with E-state index in [1.807, 2.05) is 36.0 Å². The summed E-state index contributed by atoms with van der Waals surface area (Å²) in [7, 11) is 0. The first-order valence-corrected chi connectivity index (χ1v) is 17.7. The smallest absolute Gasteiger partial charge is 0.255 e. The summed E-state index contributed by atoms with van der Waals surface area (Å²) < 4.78 is 10.0. The van der Waals surface area contributed by atoms with Gasteiger partial charge >= 0.3 is 0 Å². The Morgan fingerprint density at radius 3 is 2.76 bits per heavy atom. The number of aromatic nitrogens is 5. The molecule has 3 aliphatic rings. The first-order valence-electron chi connectivity index (χ1n) is 16.9. The van der Waals surface area contributed by atoms with Gasteiger partial charge in [-0.15, -0.1) is 21.5 Å². The first kappa shape index (κ1) is 32.4. The second-order valence-electron chi connectivity index (χ2n) is 12.8. The van der Waals surface area contributed by atoms with Gasteiger partial charge in [0.05, 0.1) is 23.2 Å². The number of unbranched alkanes of at least 4 members (excludes halogenated alkanes) is 1. The molecule has 12 heteroatoms. The molecule has 1 unspecified atom stereocenters. The molecule has 1 saturated heterocycles. The molecule has 11 nitrogen and oxygen atoms in total. The number of nitrogens with one attached hydrogen (secondary N) is 1. The predicted octanol–water partition coefficient (Wildman–Crippen LogP) is 4.45. The van der Waals surface area contributed by atoms with E-state index >= 15 is 0 Å².